The van der Waals surface area contributed by atoms with Crippen molar-refractivity contribution in [2.24, 2.45) is 0 Å². The van der Waals surface area contributed by atoms with Crippen LogP contribution in [-0.2, 0) is 11.3 Å². The topological polar surface area (TPSA) is 68.2 Å². The average molecular weight is 368 g/mol. The molecule has 1 amide bonds. The number of morpholine rings is 1. The second kappa shape index (κ2) is 6.55. The maximum Gasteiger partial charge on any atom is 0.406 e. The van der Waals surface area contributed by atoms with Crippen LogP contribution in [0.15, 0.2) is 24.5 Å². The molecular formula is C17H19F3N4O2. The summed E-state index contributed by atoms with van der Waals surface area (Å²) in [6.07, 6.45) is -0.247. The quantitative estimate of drug-likeness (QED) is 0.868. The number of nitrogens with zero attached hydrogens (tertiary/aromatic N) is 2. The third-order valence-electron chi connectivity index (χ3n) is 4.81. The number of fused-ring (bicyclic) bond motifs is 3. The van der Waals surface area contributed by atoms with Crippen LogP contribution < -0.4 is 10.6 Å². The first kappa shape index (κ1) is 17.3. The van der Waals surface area contributed by atoms with Crippen LogP contribution in [0.1, 0.15) is 23.2 Å². The minimum atomic E-state index is -4.39. The van der Waals surface area contributed by atoms with E-state index in [0.29, 0.717) is 18.6 Å². The van der Waals surface area contributed by atoms with E-state index in [0.717, 1.165) is 17.4 Å². The molecular weight excluding hydrogens is 349 g/mol. The number of carbonyl (C=O) groups is 1. The number of rotatable bonds is 3. The van der Waals surface area contributed by atoms with Gasteiger partial charge in [-0.1, -0.05) is 0 Å². The summed E-state index contributed by atoms with van der Waals surface area (Å²) in [6, 6.07) is 3.60. The van der Waals surface area contributed by atoms with Crippen LogP contribution in [0, 0.1) is 0 Å². The van der Waals surface area contributed by atoms with Gasteiger partial charge < -0.3 is 19.9 Å². The molecule has 2 N–H and O–H groups in total. The van der Waals surface area contributed by atoms with Crippen molar-refractivity contribution in [2.45, 2.75) is 43.7 Å². The van der Waals surface area contributed by atoms with Gasteiger partial charge in [0.1, 0.15) is 12.2 Å². The van der Waals surface area contributed by atoms with E-state index in [1.807, 2.05) is 0 Å². The van der Waals surface area contributed by atoms with Crippen LogP contribution >= 0.6 is 0 Å². The lowest BCUT2D eigenvalue weighted by Gasteiger charge is -2.40. The highest BCUT2D eigenvalue weighted by molar-refractivity contribution is 6.06. The second-order valence-corrected chi connectivity index (χ2v) is 6.90. The molecule has 2 saturated heterocycles. The van der Waals surface area contributed by atoms with E-state index in [-0.39, 0.29) is 35.2 Å². The highest BCUT2D eigenvalue weighted by atomic mass is 19.4. The summed E-state index contributed by atoms with van der Waals surface area (Å²) in [7, 11) is 0. The first-order valence-electron chi connectivity index (χ1n) is 8.54. The normalized spacial score (nSPS) is 26.0. The van der Waals surface area contributed by atoms with E-state index in [1.54, 1.807) is 12.1 Å². The number of alkyl halides is 3. The maximum absolute atomic E-state index is 12.8. The van der Waals surface area contributed by atoms with Crippen molar-refractivity contribution < 1.29 is 22.7 Å². The first-order chi connectivity index (χ1) is 12.4. The molecule has 0 aliphatic carbocycles. The van der Waals surface area contributed by atoms with Gasteiger partial charge in [0, 0.05) is 35.9 Å². The van der Waals surface area contributed by atoms with Crippen LogP contribution in [-0.4, -0.2) is 53.0 Å². The number of hydrogen-bond donors (Lipinski definition) is 2. The van der Waals surface area contributed by atoms with Crippen molar-refractivity contribution >= 4 is 16.9 Å². The summed E-state index contributed by atoms with van der Waals surface area (Å²) in [4.78, 5) is 16.8. The van der Waals surface area contributed by atoms with E-state index >= 15 is 0 Å². The van der Waals surface area contributed by atoms with Crippen molar-refractivity contribution in [2.75, 3.05) is 13.2 Å². The molecule has 140 valence electrons. The Kier molecular flexibility index (Phi) is 4.36. The Morgan fingerprint density at radius 2 is 2.08 bits per heavy atom. The van der Waals surface area contributed by atoms with Crippen molar-refractivity contribution in [3.8, 4) is 0 Å². The van der Waals surface area contributed by atoms with Gasteiger partial charge in [0.15, 0.2) is 0 Å². The lowest BCUT2D eigenvalue weighted by Crippen LogP contribution is -2.58. The largest absolute Gasteiger partial charge is 0.406 e. The summed E-state index contributed by atoms with van der Waals surface area (Å²) >= 11 is 0. The molecule has 6 nitrogen and oxygen atoms in total. The molecule has 9 heteroatoms. The number of hydrogen-bond acceptors (Lipinski definition) is 4. The number of pyridine rings is 1. The molecule has 0 radical (unpaired) electrons. The Morgan fingerprint density at radius 3 is 2.77 bits per heavy atom. The SMILES string of the molecule is O=C(N[C@H]1C[C@H]2COC[C@@H](C1)N2)c1cn(CC(F)(F)F)c2ncccc12. The van der Waals surface area contributed by atoms with Crippen LogP contribution in [0.4, 0.5) is 13.2 Å². The third-order valence-corrected chi connectivity index (χ3v) is 4.81. The molecule has 0 unspecified atom stereocenters. The average Bonchev–Trinajstić information content (AvgIpc) is 2.92. The fourth-order valence-corrected chi connectivity index (χ4v) is 3.84. The number of amides is 1. The Labute approximate surface area is 147 Å². The summed E-state index contributed by atoms with van der Waals surface area (Å²) in [5.74, 6) is -0.366. The van der Waals surface area contributed by atoms with Gasteiger partial charge in [-0.3, -0.25) is 4.79 Å². The summed E-state index contributed by atoms with van der Waals surface area (Å²) in [5.41, 5.74) is 0.378. The number of ether oxygens (including phenoxy) is 1. The molecule has 0 spiro atoms. The Hall–Kier alpha value is -2.13. The van der Waals surface area contributed by atoms with Crippen LogP contribution in [0.5, 0.6) is 0 Å². The molecule has 4 rings (SSSR count). The third kappa shape index (κ3) is 3.54. The summed E-state index contributed by atoms with van der Waals surface area (Å²) in [5, 5.41) is 6.84. The Morgan fingerprint density at radius 1 is 1.35 bits per heavy atom. The van der Waals surface area contributed by atoms with Crippen molar-refractivity contribution in [3.05, 3.63) is 30.1 Å². The molecule has 4 heterocycles. The van der Waals surface area contributed by atoms with E-state index in [2.05, 4.69) is 15.6 Å². The van der Waals surface area contributed by atoms with Crippen LogP contribution in [0.25, 0.3) is 11.0 Å². The molecule has 2 aromatic rings. The van der Waals surface area contributed by atoms with Gasteiger partial charge >= 0.3 is 6.18 Å². The molecule has 0 aromatic carbocycles. The van der Waals surface area contributed by atoms with E-state index in [4.69, 9.17) is 4.74 Å². The summed E-state index contributed by atoms with van der Waals surface area (Å²) < 4.78 is 44.9. The highest BCUT2D eigenvalue weighted by Crippen LogP contribution is 2.25. The number of aromatic nitrogens is 2. The van der Waals surface area contributed by atoms with Crippen LogP contribution in [0.3, 0.4) is 0 Å². The van der Waals surface area contributed by atoms with Gasteiger partial charge in [0.2, 0.25) is 0 Å². The first-order valence-corrected chi connectivity index (χ1v) is 8.54. The Bertz CT molecular complexity index is 808. The van der Waals surface area contributed by atoms with Gasteiger partial charge in [0.05, 0.1) is 18.8 Å². The smallest absolute Gasteiger partial charge is 0.378 e. The molecule has 3 atom stereocenters. The maximum atomic E-state index is 12.8. The van der Waals surface area contributed by atoms with Gasteiger partial charge in [-0.25, -0.2) is 4.98 Å². The Balaban J connectivity index is 1.57. The highest BCUT2D eigenvalue weighted by Gasteiger charge is 2.34. The molecule has 2 bridgehead atoms. The molecule has 2 aromatic heterocycles. The van der Waals surface area contributed by atoms with Crippen LogP contribution in [0.2, 0.25) is 0 Å². The standard InChI is InChI=1S/C17H19F3N4O2/c18-17(19,20)9-24-6-14(13-2-1-3-21-15(13)24)16(25)23-10-4-11-7-26-8-12(5-10)22-11/h1-3,6,10-12,22H,4-5,7-9H2,(H,23,25)/t10-,11-,12+. The predicted molar refractivity (Wildman–Crippen MR) is 87.8 cm³/mol. The van der Waals surface area contributed by atoms with Crippen molar-refractivity contribution in [3.63, 3.8) is 0 Å². The molecule has 26 heavy (non-hydrogen) atoms. The fourth-order valence-electron chi connectivity index (χ4n) is 3.84. The monoisotopic (exact) mass is 368 g/mol. The van der Waals surface area contributed by atoms with Crippen molar-refractivity contribution in [1.82, 2.24) is 20.2 Å². The zero-order valence-electron chi connectivity index (χ0n) is 13.9. The van der Waals surface area contributed by atoms with E-state index in [9.17, 15) is 18.0 Å². The zero-order valence-corrected chi connectivity index (χ0v) is 13.9. The van der Waals surface area contributed by atoms with E-state index in [1.165, 1.54) is 12.4 Å². The fraction of sp³-hybridized carbons (Fsp3) is 0.529. The number of halogens is 3. The van der Waals surface area contributed by atoms with Gasteiger partial charge in [-0.05, 0) is 25.0 Å². The predicted octanol–water partition coefficient (Wildman–Crippen LogP) is 1.85. The second-order valence-electron chi connectivity index (χ2n) is 6.90. The molecule has 2 aliphatic rings. The van der Waals surface area contributed by atoms with Crippen molar-refractivity contribution in [1.29, 1.82) is 0 Å². The van der Waals surface area contributed by atoms with Gasteiger partial charge in [0.25, 0.3) is 5.91 Å². The number of piperidine rings is 1. The lowest BCUT2D eigenvalue weighted by molar-refractivity contribution is -0.139. The van der Waals surface area contributed by atoms with E-state index < -0.39 is 12.7 Å². The minimum absolute atomic E-state index is 0.0275. The molecule has 2 aliphatic heterocycles. The number of carbonyl (C=O) groups excluding carboxylic acids is 1. The van der Waals surface area contributed by atoms with Gasteiger partial charge in [-0.2, -0.15) is 13.2 Å². The van der Waals surface area contributed by atoms with Gasteiger partial charge in [-0.15, -0.1) is 0 Å². The summed E-state index contributed by atoms with van der Waals surface area (Å²) in [6.45, 7) is 0.0397. The molecule has 0 saturated carbocycles. The lowest BCUT2D eigenvalue weighted by atomic mass is 9.92. The minimum Gasteiger partial charge on any atom is -0.378 e. The number of nitrogens with one attached hydrogen (secondary N) is 2. The molecule has 2 fully saturated rings. The zero-order chi connectivity index (χ0) is 18.3.